The van der Waals surface area contributed by atoms with E-state index >= 15 is 0 Å². The average Bonchev–Trinajstić information content (AvgIpc) is 2.89. The highest BCUT2D eigenvalue weighted by Gasteiger charge is 2.02. The lowest BCUT2D eigenvalue weighted by Gasteiger charge is -2.07. The second-order valence-electron chi connectivity index (χ2n) is 4.60. The van der Waals surface area contributed by atoms with E-state index in [-0.39, 0.29) is 0 Å². The Kier molecular flexibility index (Phi) is 3.38. The van der Waals surface area contributed by atoms with E-state index in [0.717, 1.165) is 22.2 Å². The molecule has 3 aromatic rings. The fourth-order valence-electron chi connectivity index (χ4n) is 2.22. The molecule has 20 heavy (non-hydrogen) atoms. The molecule has 0 saturated carbocycles. The van der Waals surface area contributed by atoms with E-state index in [2.05, 4.69) is 6.07 Å². The first-order valence-electron chi connectivity index (χ1n) is 6.49. The van der Waals surface area contributed by atoms with Gasteiger partial charge in [-0.15, -0.1) is 0 Å². The van der Waals surface area contributed by atoms with Crippen molar-refractivity contribution in [3.05, 3.63) is 66.4 Å². The molecule has 0 atom stereocenters. The summed E-state index contributed by atoms with van der Waals surface area (Å²) in [7, 11) is 0. The molecule has 98 valence electrons. The second kappa shape index (κ2) is 5.50. The molecule has 2 aromatic carbocycles. The van der Waals surface area contributed by atoms with Crippen LogP contribution in [0.25, 0.3) is 10.9 Å². The van der Waals surface area contributed by atoms with Gasteiger partial charge < -0.3 is 9.30 Å². The predicted octanol–water partition coefficient (Wildman–Crippen LogP) is 3.74. The summed E-state index contributed by atoms with van der Waals surface area (Å²) < 4.78 is 7.72. The van der Waals surface area contributed by atoms with Gasteiger partial charge in [-0.25, -0.2) is 0 Å². The Labute approximate surface area is 117 Å². The summed E-state index contributed by atoms with van der Waals surface area (Å²) in [5, 5.41) is 9.86. The minimum atomic E-state index is 0.369. The van der Waals surface area contributed by atoms with Gasteiger partial charge in [0, 0.05) is 17.1 Å². The summed E-state index contributed by atoms with van der Waals surface area (Å²) in [6.07, 6.45) is 1.93. The topological polar surface area (TPSA) is 38.0 Å². The first kappa shape index (κ1) is 12.3. The minimum Gasteiger partial charge on any atom is -0.489 e. The maximum Gasteiger partial charge on any atom is 0.120 e. The third kappa shape index (κ3) is 2.50. The van der Waals surface area contributed by atoms with E-state index in [0.29, 0.717) is 13.2 Å². The van der Waals surface area contributed by atoms with Crippen LogP contribution < -0.4 is 4.74 Å². The zero-order valence-electron chi connectivity index (χ0n) is 11.0. The fourth-order valence-corrected chi connectivity index (χ4v) is 2.22. The van der Waals surface area contributed by atoms with E-state index in [4.69, 9.17) is 10.00 Å². The van der Waals surface area contributed by atoms with Crippen LogP contribution in [0.15, 0.2) is 60.8 Å². The lowest BCUT2D eigenvalue weighted by molar-refractivity contribution is 0.306. The molecule has 3 nitrogen and oxygen atoms in total. The molecule has 0 aliphatic carbocycles. The summed E-state index contributed by atoms with van der Waals surface area (Å²) in [6.45, 7) is 0.930. The van der Waals surface area contributed by atoms with Crippen LogP contribution in [0.2, 0.25) is 0 Å². The molecule has 3 heteroatoms. The monoisotopic (exact) mass is 262 g/mol. The Morgan fingerprint density at radius 1 is 1.05 bits per heavy atom. The molecule has 0 bridgehead atoms. The van der Waals surface area contributed by atoms with Crippen molar-refractivity contribution in [1.29, 1.82) is 5.26 Å². The van der Waals surface area contributed by atoms with Crippen LogP contribution in [-0.2, 0) is 13.2 Å². The van der Waals surface area contributed by atoms with Crippen molar-refractivity contribution >= 4 is 10.9 Å². The molecule has 3 rings (SSSR count). The number of rotatable bonds is 4. The number of nitriles is 1. The number of nitrogens with zero attached hydrogens (tertiary/aromatic N) is 2. The zero-order valence-corrected chi connectivity index (χ0v) is 11.0. The van der Waals surface area contributed by atoms with Gasteiger partial charge in [0.05, 0.1) is 6.07 Å². The van der Waals surface area contributed by atoms with Gasteiger partial charge >= 0.3 is 0 Å². The van der Waals surface area contributed by atoms with Gasteiger partial charge in [0.25, 0.3) is 0 Å². The molecule has 0 spiro atoms. The van der Waals surface area contributed by atoms with Crippen molar-refractivity contribution in [3.63, 3.8) is 0 Å². The van der Waals surface area contributed by atoms with Crippen LogP contribution in [0.5, 0.6) is 5.75 Å². The SMILES string of the molecule is N#CCn1ccc2cc(OCc3ccccc3)ccc21. The Morgan fingerprint density at radius 2 is 1.90 bits per heavy atom. The summed E-state index contributed by atoms with van der Waals surface area (Å²) in [5.74, 6) is 0.844. The first-order valence-corrected chi connectivity index (χ1v) is 6.49. The smallest absolute Gasteiger partial charge is 0.120 e. The van der Waals surface area contributed by atoms with Crippen LogP contribution in [-0.4, -0.2) is 4.57 Å². The van der Waals surface area contributed by atoms with Crippen molar-refractivity contribution in [2.75, 3.05) is 0 Å². The maximum absolute atomic E-state index is 8.77. The normalized spacial score (nSPS) is 10.3. The van der Waals surface area contributed by atoms with Crippen molar-refractivity contribution in [2.24, 2.45) is 0 Å². The summed E-state index contributed by atoms with van der Waals surface area (Å²) in [5.41, 5.74) is 2.20. The number of hydrogen-bond donors (Lipinski definition) is 0. The highest BCUT2D eigenvalue weighted by atomic mass is 16.5. The number of hydrogen-bond acceptors (Lipinski definition) is 2. The van der Waals surface area contributed by atoms with E-state index in [1.165, 1.54) is 0 Å². The van der Waals surface area contributed by atoms with E-state index in [1.807, 2.05) is 65.4 Å². The summed E-state index contributed by atoms with van der Waals surface area (Å²) in [6, 6.07) is 20.2. The summed E-state index contributed by atoms with van der Waals surface area (Å²) >= 11 is 0. The third-order valence-electron chi connectivity index (χ3n) is 3.23. The van der Waals surface area contributed by atoms with Gasteiger partial charge in [-0.2, -0.15) is 5.26 Å². The molecule has 1 heterocycles. The maximum atomic E-state index is 8.77. The largest absolute Gasteiger partial charge is 0.489 e. The Balaban J connectivity index is 1.78. The standard InChI is InChI=1S/C17H14N2O/c18-9-11-19-10-8-15-12-16(6-7-17(15)19)20-13-14-4-2-1-3-5-14/h1-8,10,12H,11,13H2. The number of fused-ring (bicyclic) bond motifs is 1. The molecule has 0 unspecified atom stereocenters. The van der Waals surface area contributed by atoms with Crippen LogP contribution in [0.4, 0.5) is 0 Å². The molecule has 0 aliphatic rings. The molecule has 0 fully saturated rings. The van der Waals surface area contributed by atoms with Crippen LogP contribution in [0.1, 0.15) is 5.56 Å². The minimum absolute atomic E-state index is 0.369. The van der Waals surface area contributed by atoms with Gasteiger partial charge in [0.2, 0.25) is 0 Å². The Bertz CT molecular complexity index is 754. The molecule has 1 aromatic heterocycles. The van der Waals surface area contributed by atoms with Crippen molar-refractivity contribution in [2.45, 2.75) is 13.2 Å². The molecule has 0 amide bonds. The lowest BCUT2D eigenvalue weighted by atomic mass is 10.2. The molecule has 0 saturated heterocycles. The molecule has 0 aliphatic heterocycles. The van der Waals surface area contributed by atoms with Crippen LogP contribution in [0, 0.1) is 11.3 Å². The van der Waals surface area contributed by atoms with Gasteiger partial charge in [-0.1, -0.05) is 30.3 Å². The van der Waals surface area contributed by atoms with E-state index in [1.54, 1.807) is 0 Å². The molecular weight excluding hydrogens is 248 g/mol. The number of ether oxygens (including phenoxy) is 1. The van der Waals surface area contributed by atoms with E-state index in [9.17, 15) is 0 Å². The van der Waals surface area contributed by atoms with Gasteiger partial charge in [0.15, 0.2) is 0 Å². The van der Waals surface area contributed by atoms with Crippen molar-refractivity contribution < 1.29 is 4.74 Å². The van der Waals surface area contributed by atoms with Crippen molar-refractivity contribution in [1.82, 2.24) is 4.57 Å². The lowest BCUT2D eigenvalue weighted by Crippen LogP contribution is -1.95. The zero-order chi connectivity index (χ0) is 13.8. The number of benzene rings is 2. The first-order chi connectivity index (χ1) is 9.86. The second-order valence-corrected chi connectivity index (χ2v) is 4.60. The van der Waals surface area contributed by atoms with E-state index < -0.39 is 0 Å². The summed E-state index contributed by atoms with van der Waals surface area (Å²) in [4.78, 5) is 0. The van der Waals surface area contributed by atoms with Gasteiger partial charge in [0.1, 0.15) is 18.9 Å². The highest BCUT2D eigenvalue weighted by molar-refractivity contribution is 5.81. The predicted molar refractivity (Wildman–Crippen MR) is 78.3 cm³/mol. The van der Waals surface area contributed by atoms with Crippen LogP contribution >= 0.6 is 0 Å². The molecule has 0 N–H and O–H groups in total. The highest BCUT2D eigenvalue weighted by Crippen LogP contribution is 2.22. The number of aromatic nitrogens is 1. The van der Waals surface area contributed by atoms with Crippen LogP contribution in [0.3, 0.4) is 0 Å². The van der Waals surface area contributed by atoms with Gasteiger partial charge in [-0.05, 0) is 29.8 Å². The molecule has 0 radical (unpaired) electrons. The third-order valence-corrected chi connectivity index (χ3v) is 3.23. The van der Waals surface area contributed by atoms with Gasteiger partial charge in [-0.3, -0.25) is 0 Å². The fraction of sp³-hybridized carbons (Fsp3) is 0.118. The average molecular weight is 262 g/mol. The van der Waals surface area contributed by atoms with Crippen molar-refractivity contribution in [3.8, 4) is 11.8 Å². The quantitative estimate of drug-likeness (QED) is 0.718. The Hall–Kier alpha value is -2.73. The molecular formula is C17H14N2O. The Morgan fingerprint density at radius 3 is 2.70 bits per heavy atom.